The zero-order valence-corrected chi connectivity index (χ0v) is 21.5. The van der Waals surface area contributed by atoms with Gasteiger partial charge < -0.3 is 33.2 Å². The van der Waals surface area contributed by atoms with Gasteiger partial charge in [-0.3, -0.25) is 4.79 Å². The van der Waals surface area contributed by atoms with Gasteiger partial charge in [0, 0.05) is 27.2 Å². The summed E-state index contributed by atoms with van der Waals surface area (Å²) >= 11 is 3.52. The third kappa shape index (κ3) is 4.47. The molecule has 9 heteroatoms. The molecule has 2 aliphatic heterocycles. The molecule has 3 aromatic rings. The van der Waals surface area contributed by atoms with Gasteiger partial charge in [0.1, 0.15) is 23.9 Å². The Hall–Kier alpha value is -3.69. The van der Waals surface area contributed by atoms with E-state index >= 15 is 0 Å². The Bertz CT molecular complexity index is 1360. The smallest absolute Gasteiger partial charge is 0.231 e. The van der Waals surface area contributed by atoms with E-state index in [0.717, 1.165) is 21.3 Å². The first-order valence-corrected chi connectivity index (χ1v) is 11.8. The van der Waals surface area contributed by atoms with Gasteiger partial charge in [0.05, 0.1) is 33.5 Å². The first kappa shape index (κ1) is 24.0. The maximum atomic E-state index is 13.0. The lowest BCUT2D eigenvalue weighted by Crippen LogP contribution is -2.14. The van der Waals surface area contributed by atoms with Crippen LogP contribution in [0.5, 0.6) is 34.5 Å². The van der Waals surface area contributed by atoms with Crippen molar-refractivity contribution in [2.24, 2.45) is 0 Å². The van der Waals surface area contributed by atoms with Gasteiger partial charge in [0.25, 0.3) is 0 Å². The highest BCUT2D eigenvalue weighted by Gasteiger charge is 2.29. The predicted molar refractivity (Wildman–Crippen MR) is 134 cm³/mol. The Kier molecular flexibility index (Phi) is 6.75. The van der Waals surface area contributed by atoms with E-state index in [1.165, 1.54) is 14.2 Å². The Morgan fingerprint density at radius 3 is 2.61 bits per heavy atom. The average Bonchev–Trinajstić information content (AvgIpc) is 3.20. The lowest BCUT2D eigenvalue weighted by atomic mass is 10.1. The molecule has 0 bridgehead atoms. The third-order valence-corrected chi connectivity index (χ3v) is 6.27. The van der Waals surface area contributed by atoms with Crippen LogP contribution in [-0.4, -0.2) is 33.9 Å². The molecule has 0 amide bonds. The minimum atomic E-state index is -0.233. The normalized spacial score (nSPS) is 15.0. The second-order valence-corrected chi connectivity index (χ2v) is 8.89. The highest BCUT2D eigenvalue weighted by molar-refractivity contribution is 9.10. The van der Waals surface area contributed by atoms with Gasteiger partial charge in [-0.1, -0.05) is 15.9 Å². The van der Waals surface area contributed by atoms with E-state index in [0.29, 0.717) is 46.5 Å². The summed E-state index contributed by atoms with van der Waals surface area (Å²) in [6.07, 6.45) is 1.62. The third-order valence-electron chi connectivity index (χ3n) is 5.81. The van der Waals surface area contributed by atoms with Crippen molar-refractivity contribution in [2.75, 3.05) is 28.1 Å². The average molecular weight is 555 g/mol. The summed E-state index contributed by atoms with van der Waals surface area (Å²) in [5.41, 5.74) is 2.92. The second-order valence-electron chi connectivity index (χ2n) is 7.97. The molecule has 0 saturated heterocycles. The van der Waals surface area contributed by atoms with Crippen molar-refractivity contribution in [2.45, 2.75) is 13.2 Å². The molecule has 2 aliphatic rings. The molecule has 5 rings (SSSR count). The Labute approximate surface area is 216 Å². The first-order valence-electron chi connectivity index (χ1n) is 11.0. The topological polar surface area (TPSA) is 81.7 Å². The molecular weight excluding hydrogens is 532 g/mol. The Balaban J connectivity index is 1.37. The zero-order valence-electron chi connectivity index (χ0n) is 19.9. The maximum absolute atomic E-state index is 13.0. The number of ketones is 1. The second kappa shape index (κ2) is 10.1. The molecule has 0 saturated carbocycles. The molecule has 0 N–H and O–H groups in total. The molecule has 186 valence electrons. The highest BCUT2D eigenvalue weighted by Crippen LogP contribution is 2.42. The number of benzene rings is 3. The largest absolute Gasteiger partial charge is 0.493 e. The van der Waals surface area contributed by atoms with Gasteiger partial charge in [0.2, 0.25) is 11.5 Å². The van der Waals surface area contributed by atoms with Crippen LogP contribution in [0.2, 0.25) is 0 Å². The van der Waals surface area contributed by atoms with Crippen LogP contribution in [0.4, 0.5) is 0 Å². The maximum Gasteiger partial charge on any atom is 0.231 e. The van der Waals surface area contributed by atoms with Crippen LogP contribution in [0, 0.1) is 0 Å². The standard InChI is InChI=1S/C27H23BrO8/c1-30-21-7-4-15(26(31-2)27(21)32-3)10-23-24(29)20-6-5-19(11-22(20)36-23)34-13-17-9-18(28)8-16-12-33-14-35-25(16)17/h4-11H,12-14H2,1-3H3/b23-10-. The van der Waals surface area contributed by atoms with Crippen molar-refractivity contribution in [3.05, 3.63) is 75.0 Å². The number of allylic oxidation sites excluding steroid dienone is 1. The quantitative estimate of drug-likeness (QED) is 0.352. The fraction of sp³-hybridized carbons (Fsp3) is 0.222. The van der Waals surface area contributed by atoms with Gasteiger partial charge >= 0.3 is 0 Å². The van der Waals surface area contributed by atoms with Crippen molar-refractivity contribution >= 4 is 27.8 Å². The molecule has 3 aromatic carbocycles. The summed E-state index contributed by atoms with van der Waals surface area (Å²) < 4.78 is 40.2. The van der Waals surface area contributed by atoms with Gasteiger partial charge in [-0.05, 0) is 42.5 Å². The number of halogens is 1. The van der Waals surface area contributed by atoms with Crippen LogP contribution in [0.1, 0.15) is 27.0 Å². The van der Waals surface area contributed by atoms with E-state index in [4.69, 9.17) is 33.2 Å². The van der Waals surface area contributed by atoms with Crippen molar-refractivity contribution in [3.8, 4) is 34.5 Å². The summed E-state index contributed by atoms with van der Waals surface area (Å²) in [5.74, 6) is 3.07. The molecule has 0 radical (unpaired) electrons. The molecule has 2 heterocycles. The number of rotatable bonds is 7. The van der Waals surface area contributed by atoms with Gasteiger partial charge in [-0.2, -0.15) is 0 Å². The van der Waals surface area contributed by atoms with Gasteiger partial charge in [0.15, 0.2) is 24.1 Å². The molecule has 8 nitrogen and oxygen atoms in total. The number of Topliss-reactive ketones (excluding diaryl/α,β-unsaturated/α-hetero) is 1. The van der Waals surface area contributed by atoms with Crippen LogP contribution in [0.15, 0.2) is 52.7 Å². The van der Waals surface area contributed by atoms with Crippen LogP contribution in [-0.2, 0) is 18.0 Å². The van der Waals surface area contributed by atoms with E-state index in [2.05, 4.69) is 15.9 Å². The summed E-state index contributed by atoms with van der Waals surface area (Å²) in [7, 11) is 4.59. The zero-order chi connectivity index (χ0) is 25.2. The molecule has 0 aromatic heterocycles. The molecule has 0 unspecified atom stereocenters. The fourth-order valence-electron chi connectivity index (χ4n) is 4.16. The van der Waals surface area contributed by atoms with E-state index in [1.807, 2.05) is 12.1 Å². The van der Waals surface area contributed by atoms with E-state index < -0.39 is 0 Å². The lowest BCUT2D eigenvalue weighted by Gasteiger charge is -2.21. The first-order chi connectivity index (χ1) is 17.5. The number of hydrogen-bond donors (Lipinski definition) is 0. The molecular formula is C27H23BrO8. The van der Waals surface area contributed by atoms with Crippen LogP contribution >= 0.6 is 15.9 Å². The van der Waals surface area contributed by atoms with Crippen molar-refractivity contribution in [3.63, 3.8) is 0 Å². The molecule has 0 aliphatic carbocycles. The monoisotopic (exact) mass is 554 g/mol. The summed E-state index contributed by atoms with van der Waals surface area (Å²) in [6, 6.07) is 12.6. The molecule has 0 spiro atoms. The fourth-order valence-corrected chi connectivity index (χ4v) is 4.71. The Morgan fingerprint density at radius 1 is 1.00 bits per heavy atom. The predicted octanol–water partition coefficient (Wildman–Crippen LogP) is 5.54. The Morgan fingerprint density at radius 2 is 1.83 bits per heavy atom. The van der Waals surface area contributed by atoms with E-state index in [9.17, 15) is 4.79 Å². The number of fused-ring (bicyclic) bond motifs is 2. The lowest BCUT2D eigenvalue weighted by molar-refractivity contribution is -0.0176. The molecule has 0 fully saturated rings. The van der Waals surface area contributed by atoms with Crippen molar-refractivity contribution < 1.29 is 38.0 Å². The molecule has 0 atom stereocenters. The highest BCUT2D eigenvalue weighted by atomic mass is 79.9. The molecule has 36 heavy (non-hydrogen) atoms. The van der Waals surface area contributed by atoms with Crippen molar-refractivity contribution in [1.82, 2.24) is 0 Å². The van der Waals surface area contributed by atoms with Crippen LogP contribution in [0.3, 0.4) is 0 Å². The van der Waals surface area contributed by atoms with E-state index in [1.54, 1.807) is 43.5 Å². The number of hydrogen-bond acceptors (Lipinski definition) is 8. The minimum absolute atomic E-state index is 0.169. The summed E-state index contributed by atoms with van der Waals surface area (Å²) in [6.45, 7) is 0.965. The van der Waals surface area contributed by atoms with Gasteiger partial charge in [-0.15, -0.1) is 0 Å². The van der Waals surface area contributed by atoms with Crippen LogP contribution < -0.4 is 28.4 Å². The minimum Gasteiger partial charge on any atom is -0.493 e. The van der Waals surface area contributed by atoms with E-state index in [-0.39, 0.29) is 24.9 Å². The number of carbonyl (C=O) groups is 1. The summed E-state index contributed by atoms with van der Waals surface area (Å²) in [5, 5.41) is 0. The van der Waals surface area contributed by atoms with Crippen molar-refractivity contribution in [1.29, 1.82) is 0 Å². The number of ether oxygens (including phenoxy) is 7. The van der Waals surface area contributed by atoms with Gasteiger partial charge in [-0.25, -0.2) is 0 Å². The van der Waals surface area contributed by atoms with Crippen LogP contribution in [0.25, 0.3) is 6.08 Å². The summed E-state index contributed by atoms with van der Waals surface area (Å²) in [4.78, 5) is 13.0. The number of methoxy groups -OCH3 is 3. The number of carbonyl (C=O) groups excluding carboxylic acids is 1. The SMILES string of the molecule is COc1ccc(/C=C2\Oc3cc(OCc4cc(Br)cc5c4OCOC5)ccc3C2=O)c(OC)c1OC.